The lowest BCUT2D eigenvalue weighted by molar-refractivity contribution is 0.193. The van der Waals surface area contributed by atoms with E-state index in [1.165, 1.54) is 0 Å². The molecular weight excluding hydrogens is 400 g/mol. The highest BCUT2D eigenvalue weighted by Crippen LogP contribution is 2.34. The van der Waals surface area contributed by atoms with Crippen molar-refractivity contribution in [3.8, 4) is 28.6 Å². The van der Waals surface area contributed by atoms with Crippen LogP contribution in [0.2, 0.25) is 0 Å². The number of hydrogen-bond acceptors (Lipinski definition) is 7. The lowest BCUT2D eigenvalue weighted by Crippen LogP contribution is -2.34. The minimum atomic E-state index is -0.295. The second kappa shape index (κ2) is 8.95. The van der Waals surface area contributed by atoms with Crippen LogP contribution in [0.25, 0.3) is 11.4 Å². The number of aromatic nitrogens is 2. The van der Waals surface area contributed by atoms with E-state index < -0.39 is 0 Å². The summed E-state index contributed by atoms with van der Waals surface area (Å²) >= 11 is 0. The van der Waals surface area contributed by atoms with Gasteiger partial charge in [-0.2, -0.15) is 4.98 Å². The summed E-state index contributed by atoms with van der Waals surface area (Å²) in [6.45, 7) is 0.586. The second-order valence-corrected chi connectivity index (χ2v) is 7.03. The van der Waals surface area contributed by atoms with Crippen LogP contribution in [0.5, 0.6) is 17.2 Å². The van der Waals surface area contributed by atoms with E-state index >= 15 is 0 Å². The summed E-state index contributed by atoms with van der Waals surface area (Å²) in [7, 11) is 4.73. The Bertz CT molecular complexity index is 1050. The zero-order valence-corrected chi connectivity index (χ0v) is 17.6. The van der Waals surface area contributed by atoms with Gasteiger partial charge >= 0.3 is 6.03 Å². The molecule has 0 radical (unpaired) electrons. The average Bonchev–Trinajstić information content (AvgIpc) is 3.48. The van der Waals surface area contributed by atoms with Gasteiger partial charge in [-0.25, -0.2) is 4.79 Å². The maximum atomic E-state index is 13.0. The highest BCUT2D eigenvalue weighted by molar-refractivity contribution is 5.91. The van der Waals surface area contributed by atoms with Crippen LogP contribution in [0.15, 0.2) is 47.0 Å². The number of methoxy groups -OCH3 is 3. The second-order valence-electron chi connectivity index (χ2n) is 7.03. The predicted octanol–water partition coefficient (Wildman–Crippen LogP) is 4.13. The van der Waals surface area contributed by atoms with Crippen LogP contribution in [0.4, 0.5) is 10.5 Å². The number of urea groups is 1. The summed E-state index contributed by atoms with van der Waals surface area (Å²) in [6.07, 6.45) is 1.58. The first kappa shape index (κ1) is 20.5. The van der Waals surface area contributed by atoms with Gasteiger partial charge in [-0.05, 0) is 49.2 Å². The molecule has 1 saturated heterocycles. The zero-order valence-electron chi connectivity index (χ0n) is 17.6. The number of nitrogens with zero attached hydrogens (tertiary/aromatic N) is 3. The van der Waals surface area contributed by atoms with Gasteiger partial charge in [0.15, 0.2) is 0 Å². The van der Waals surface area contributed by atoms with Crippen molar-refractivity contribution >= 4 is 11.7 Å². The fourth-order valence-electron chi connectivity index (χ4n) is 3.59. The number of nitrogens with one attached hydrogen (secondary N) is 1. The maximum Gasteiger partial charge on any atom is 0.322 e. The first-order valence-electron chi connectivity index (χ1n) is 9.90. The van der Waals surface area contributed by atoms with Crippen molar-refractivity contribution in [1.29, 1.82) is 0 Å². The Morgan fingerprint density at radius 3 is 2.52 bits per heavy atom. The van der Waals surface area contributed by atoms with Crippen LogP contribution < -0.4 is 19.5 Å². The first-order chi connectivity index (χ1) is 15.1. The molecule has 0 aliphatic carbocycles. The average molecular weight is 424 g/mol. The number of benzene rings is 2. The van der Waals surface area contributed by atoms with E-state index in [1.54, 1.807) is 44.4 Å². The molecule has 3 aromatic rings. The van der Waals surface area contributed by atoms with Crippen LogP contribution in [-0.4, -0.2) is 48.9 Å². The molecule has 2 aromatic carbocycles. The fourth-order valence-corrected chi connectivity index (χ4v) is 3.59. The molecule has 1 atom stereocenters. The number of ether oxygens (including phenoxy) is 3. The smallest absolute Gasteiger partial charge is 0.322 e. The van der Waals surface area contributed by atoms with Gasteiger partial charge in [-0.15, -0.1) is 0 Å². The third-order valence-electron chi connectivity index (χ3n) is 5.24. The van der Waals surface area contributed by atoms with Gasteiger partial charge < -0.3 is 29.0 Å². The third kappa shape index (κ3) is 4.25. The molecule has 1 unspecified atom stereocenters. The number of carbonyl (C=O) groups is 1. The van der Waals surface area contributed by atoms with Gasteiger partial charge in [0.1, 0.15) is 23.3 Å². The molecule has 1 fully saturated rings. The Balaban J connectivity index is 1.52. The fraction of sp³-hybridized carbons (Fsp3) is 0.318. The summed E-state index contributed by atoms with van der Waals surface area (Å²) in [5.74, 6) is 2.80. The number of hydrogen-bond donors (Lipinski definition) is 1. The number of carbonyl (C=O) groups excluding carboxylic acids is 1. The summed E-state index contributed by atoms with van der Waals surface area (Å²) in [5.41, 5.74) is 1.34. The SMILES string of the molecule is COc1ccc(-c2noc(C3CCCN3C(=O)Nc3cc(OC)ccc3OC)n2)cc1. The Kier molecular flexibility index (Phi) is 5.92. The molecule has 1 N–H and O–H groups in total. The normalized spacial score (nSPS) is 15.6. The van der Waals surface area contributed by atoms with Crippen molar-refractivity contribution in [3.05, 3.63) is 48.4 Å². The topological polar surface area (TPSA) is 99.0 Å². The first-order valence-corrected chi connectivity index (χ1v) is 9.90. The van der Waals surface area contributed by atoms with Crippen molar-refractivity contribution < 1.29 is 23.5 Å². The van der Waals surface area contributed by atoms with E-state index in [9.17, 15) is 4.79 Å². The van der Waals surface area contributed by atoms with E-state index in [2.05, 4.69) is 15.5 Å². The summed E-state index contributed by atoms with van der Waals surface area (Å²) in [6, 6.07) is 12.1. The van der Waals surface area contributed by atoms with Gasteiger partial charge in [0, 0.05) is 18.2 Å². The number of amides is 2. The molecule has 1 aromatic heterocycles. The Labute approximate surface area is 179 Å². The van der Waals surface area contributed by atoms with Gasteiger partial charge in [0.05, 0.1) is 27.0 Å². The van der Waals surface area contributed by atoms with Crippen molar-refractivity contribution in [3.63, 3.8) is 0 Å². The molecule has 2 amide bonds. The van der Waals surface area contributed by atoms with Crippen LogP contribution >= 0.6 is 0 Å². The monoisotopic (exact) mass is 424 g/mol. The van der Waals surface area contributed by atoms with Crippen molar-refractivity contribution in [1.82, 2.24) is 15.0 Å². The summed E-state index contributed by atoms with van der Waals surface area (Å²) < 4.78 is 21.3. The van der Waals surface area contributed by atoms with E-state index in [1.807, 2.05) is 24.3 Å². The number of likely N-dealkylation sites (tertiary alicyclic amines) is 1. The molecule has 0 saturated carbocycles. The van der Waals surface area contributed by atoms with Gasteiger partial charge in [0.2, 0.25) is 11.7 Å². The van der Waals surface area contributed by atoms with Crippen molar-refractivity contribution in [2.45, 2.75) is 18.9 Å². The molecule has 1 aliphatic heterocycles. The van der Waals surface area contributed by atoms with Gasteiger partial charge in [0.25, 0.3) is 0 Å². The highest BCUT2D eigenvalue weighted by Gasteiger charge is 2.34. The molecule has 0 spiro atoms. The quantitative estimate of drug-likeness (QED) is 0.635. The third-order valence-corrected chi connectivity index (χ3v) is 5.24. The van der Waals surface area contributed by atoms with Crippen LogP contribution in [0, 0.1) is 0 Å². The molecule has 4 rings (SSSR count). The summed E-state index contributed by atoms with van der Waals surface area (Å²) in [4.78, 5) is 19.3. The van der Waals surface area contributed by atoms with Crippen LogP contribution in [0.1, 0.15) is 24.8 Å². The molecule has 2 heterocycles. The molecule has 9 heteroatoms. The molecule has 9 nitrogen and oxygen atoms in total. The minimum Gasteiger partial charge on any atom is -0.497 e. The minimum absolute atomic E-state index is 0.266. The Hall–Kier alpha value is -3.75. The summed E-state index contributed by atoms with van der Waals surface area (Å²) in [5, 5.41) is 7.00. The largest absolute Gasteiger partial charge is 0.497 e. The van der Waals surface area contributed by atoms with Crippen molar-refractivity contribution in [2.75, 3.05) is 33.2 Å². The molecule has 0 bridgehead atoms. The predicted molar refractivity (Wildman–Crippen MR) is 114 cm³/mol. The van der Waals surface area contributed by atoms with E-state index in [4.69, 9.17) is 18.7 Å². The molecule has 162 valence electrons. The Morgan fingerprint density at radius 2 is 1.81 bits per heavy atom. The lowest BCUT2D eigenvalue weighted by atomic mass is 10.2. The van der Waals surface area contributed by atoms with E-state index in [0.29, 0.717) is 35.4 Å². The molecular formula is C22H24N4O5. The number of anilines is 1. The highest BCUT2D eigenvalue weighted by atomic mass is 16.5. The van der Waals surface area contributed by atoms with E-state index in [0.717, 1.165) is 24.2 Å². The van der Waals surface area contributed by atoms with Crippen molar-refractivity contribution in [2.24, 2.45) is 0 Å². The lowest BCUT2D eigenvalue weighted by Gasteiger charge is -2.23. The van der Waals surface area contributed by atoms with Crippen LogP contribution in [0.3, 0.4) is 0 Å². The van der Waals surface area contributed by atoms with Gasteiger partial charge in [-0.1, -0.05) is 5.16 Å². The van der Waals surface area contributed by atoms with E-state index in [-0.39, 0.29) is 12.1 Å². The maximum absolute atomic E-state index is 13.0. The Morgan fingerprint density at radius 1 is 1.06 bits per heavy atom. The van der Waals surface area contributed by atoms with Gasteiger partial charge in [-0.3, -0.25) is 0 Å². The molecule has 1 aliphatic rings. The van der Waals surface area contributed by atoms with Crippen LogP contribution in [-0.2, 0) is 0 Å². The number of rotatable bonds is 6. The standard InChI is InChI=1S/C22H24N4O5/c1-28-15-8-6-14(7-9-15)20-24-21(31-25-20)18-5-4-12-26(18)22(27)23-17-13-16(29-2)10-11-19(17)30-3/h6-11,13,18H,4-5,12H2,1-3H3,(H,23,27). The zero-order chi connectivity index (χ0) is 21.8. The molecule has 31 heavy (non-hydrogen) atoms.